The normalized spacial score (nSPS) is 14.3. The number of carbonyl (C=O) groups excluding carboxylic acids is 1. The molecule has 33 heavy (non-hydrogen) atoms. The number of cyclic esters (lactones) is 1. The van der Waals surface area contributed by atoms with E-state index in [0.717, 1.165) is 9.13 Å². The summed E-state index contributed by atoms with van der Waals surface area (Å²) in [6, 6.07) is 16.2. The van der Waals surface area contributed by atoms with Gasteiger partial charge >= 0.3 is 5.97 Å². The van der Waals surface area contributed by atoms with Gasteiger partial charge in [0.05, 0.1) is 22.7 Å². The van der Waals surface area contributed by atoms with Gasteiger partial charge in [0.2, 0.25) is 5.90 Å². The molecule has 1 aliphatic rings. The molecular formula is C24H15Cl3INO4. The molecular weight excluding hydrogens is 600 g/mol. The minimum absolute atomic E-state index is 0.0988. The lowest BCUT2D eigenvalue weighted by atomic mass is 10.1. The van der Waals surface area contributed by atoms with E-state index in [4.69, 9.17) is 49.0 Å². The lowest BCUT2D eigenvalue weighted by Gasteiger charge is -2.13. The van der Waals surface area contributed by atoms with Crippen LogP contribution in [0.4, 0.5) is 0 Å². The van der Waals surface area contributed by atoms with Crippen LogP contribution in [0.3, 0.4) is 0 Å². The van der Waals surface area contributed by atoms with E-state index in [1.54, 1.807) is 36.4 Å². The van der Waals surface area contributed by atoms with Crippen LogP contribution in [-0.4, -0.2) is 19.0 Å². The van der Waals surface area contributed by atoms with E-state index in [-0.39, 0.29) is 11.6 Å². The van der Waals surface area contributed by atoms with Crippen molar-refractivity contribution in [2.24, 2.45) is 4.99 Å². The van der Waals surface area contributed by atoms with E-state index in [9.17, 15) is 4.79 Å². The van der Waals surface area contributed by atoms with Crippen LogP contribution < -0.4 is 9.47 Å². The maximum absolute atomic E-state index is 12.4. The number of ether oxygens (including phenoxy) is 3. The molecule has 9 heteroatoms. The van der Waals surface area contributed by atoms with Crippen LogP contribution in [0.25, 0.3) is 6.08 Å². The molecule has 1 heterocycles. The average Bonchev–Trinajstić information content (AvgIpc) is 3.13. The number of benzene rings is 3. The van der Waals surface area contributed by atoms with Gasteiger partial charge in [0.15, 0.2) is 17.2 Å². The molecule has 0 saturated heterocycles. The van der Waals surface area contributed by atoms with E-state index < -0.39 is 5.97 Å². The SMILES string of the molecule is COc1cc(/C=C2\N=C(c3ccc(Cl)cc3Cl)OC2=O)cc(Cl)c1OCc1ccc(I)cc1. The number of nitrogens with zero attached hydrogens (tertiary/aromatic N) is 1. The Morgan fingerprint density at radius 1 is 1.03 bits per heavy atom. The monoisotopic (exact) mass is 613 g/mol. The summed E-state index contributed by atoms with van der Waals surface area (Å²) in [5.74, 6) is 0.329. The van der Waals surface area contributed by atoms with Crippen molar-refractivity contribution in [1.29, 1.82) is 0 Å². The van der Waals surface area contributed by atoms with Gasteiger partial charge in [-0.3, -0.25) is 0 Å². The van der Waals surface area contributed by atoms with Crippen molar-refractivity contribution in [2.45, 2.75) is 6.61 Å². The standard InChI is InChI=1S/C24H15Cl3INO4/c1-31-21-10-14(8-19(27)22(21)32-12-13-2-5-16(28)6-3-13)9-20-24(30)33-23(29-20)17-7-4-15(25)11-18(17)26/h2-11H,12H2,1H3/b20-9-. The summed E-state index contributed by atoms with van der Waals surface area (Å²) < 4.78 is 17.8. The summed E-state index contributed by atoms with van der Waals surface area (Å²) >= 11 is 20.8. The summed E-state index contributed by atoms with van der Waals surface area (Å²) in [5.41, 5.74) is 2.16. The van der Waals surface area contributed by atoms with E-state index in [1.165, 1.54) is 7.11 Å². The maximum atomic E-state index is 12.4. The van der Waals surface area contributed by atoms with Crippen molar-refractivity contribution in [1.82, 2.24) is 0 Å². The molecule has 0 radical (unpaired) electrons. The number of halogens is 4. The molecule has 0 aromatic heterocycles. The van der Waals surface area contributed by atoms with Gasteiger partial charge in [0.25, 0.3) is 0 Å². The Morgan fingerprint density at radius 3 is 2.48 bits per heavy atom. The van der Waals surface area contributed by atoms with Gasteiger partial charge < -0.3 is 14.2 Å². The third-order valence-electron chi connectivity index (χ3n) is 4.63. The molecule has 0 fully saturated rings. The minimum Gasteiger partial charge on any atom is -0.493 e. The summed E-state index contributed by atoms with van der Waals surface area (Å²) in [6.07, 6.45) is 1.55. The number of hydrogen-bond acceptors (Lipinski definition) is 5. The van der Waals surface area contributed by atoms with Crippen LogP contribution in [0.15, 0.2) is 65.3 Å². The van der Waals surface area contributed by atoms with Gasteiger partial charge in [-0.1, -0.05) is 46.9 Å². The fourth-order valence-corrected chi connectivity index (χ4v) is 4.17. The van der Waals surface area contributed by atoms with Crippen molar-refractivity contribution in [3.63, 3.8) is 0 Å². The zero-order valence-electron chi connectivity index (χ0n) is 17.1. The first-order valence-corrected chi connectivity index (χ1v) is 11.8. The Kier molecular flexibility index (Phi) is 7.48. The zero-order valence-corrected chi connectivity index (χ0v) is 21.5. The van der Waals surface area contributed by atoms with Crippen LogP contribution in [0, 0.1) is 3.57 Å². The van der Waals surface area contributed by atoms with Crippen LogP contribution in [0.2, 0.25) is 15.1 Å². The number of rotatable bonds is 6. The highest BCUT2D eigenvalue weighted by Crippen LogP contribution is 2.38. The second-order valence-electron chi connectivity index (χ2n) is 6.91. The number of hydrogen-bond donors (Lipinski definition) is 0. The molecule has 0 atom stereocenters. The molecule has 0 unspecified atom stereocenters. The van der Waals surface area contributed by atoms with Crippen molar-refractivity contribution < 1.29 is 19.0 Å². The molecule has 5 nitrogen and oxygen atoms in total. The predicted octanol–water partition coefficient (Wildman–Crippen LogP) is 7.18. The number of methoxy groups -OCH3 is 1. The highest BCUT2D eigenvalue weighted by Gasteiger charge is 2.26. The average molecular weight is 615 g/mol. The van der Waals surface area contributed by atoms with E-state index in [0.29, 0.717) is 44.3 Å². The first-order valence-electron chi connectivity index (χ1n) is 9.57. The van der Waals surface area contributed by atoms with E-state index >= 15 is 0 Å². The summed E-state index contributed by atoms with van der Waals surface area (Å²) in [7, 11) is 1.52. The van der Waals surface area contributed by atoms with E-state index in [1.807, 2.05) is 24.3 Å². The summed E-state index contributed by atoms with van der Waals surface area (Å²) in [6.45, 7) is 0.329. The quantitative estimate of drug-likeness (QED) is 0.168. The number of esters is 1. The Balaban J connectivity index is 1.60. The number of aliphatic imine (C=N–C) groups is 1. The zero-order chi connectivity index (χ0) is 23.5. The molecule has 0 amide bonds. The molecule has 0 saturated carbocycles. The lowest BCUT2D eigenvalue weighted by Crippen LogP contribution is -2.05. The van der Waals surface area contributed by atoms with Crippen LogP contribution in [-0.2, 0) is 16.1 Å². The molecule has 0 bridgehead atoms. The predicted molar refractivity (Wildman–Crippen MR) is 139 cm³/mol. The number of carbonyl (C=O) groups is 1. The van der Waals surface area contributed by atoms with Crippen molar-refractivity contribution in [2.75, 3.05) is 7.11 Å². The first-order chi connectivity index (χ1) is 15.8. The Bertz CT molecular complexity index is 1290. The highest BCUT2D eigenvalue weighted by molar-refractivity contribution is 14.1. The van der Waals surface area contributed by atoms with Crippen molar-refractivity contribution in [3.8, 4) is 11.5 Å². The Labute approximate surface area is 219 Å². The summed E-state index contributed by atoms with van der Waals surface area (Å²) in [4.78, 5) is 16.6. The lowest BCUT2D eigenvalue weighted by molar-refractivity contribution is -0.129. The van der Waals surface area contributed by atoms with Crippen LogP contribution in [0.5, 0.6) is 11.5 Å². The second kappa shape index (κ2) is 10.3. The van der Waals surface area contributed by atoms with Gasteiger partial charge in [-0.2, -0.15) is 0 Å². The topological polar surface area (TPSA) is 57.1 Å². The van der Waals surface area contributed by atoms with Crippen LogP contribution in [0.1, 0.15) is 16.7 Å². The highest BCUT2D eigenvalue weighted by atomic mass is 127. The largest absolute Gasteiger partial charge is 0.493 e. The molecule has 3 aromatic rings. The molecule has 3 aromatic carbocycles. The van der Waals surface area contributed by atoms with Crippen LogP contribution >= 0.6 is 57.4 Å². The molecule has 0 spiro atoms. The molecule has 0 N–H and O–H groups in total. The molecule has 168 valence electrons. The van der Waals surface area contributed by atoms with Gasteiger partial charge in [-0.05, 0) is 82.3 Å². The Morgan fingerprint density at radius 2 is 1.79 bits per heavy atom. The third-order valence-corrected chi connectivity index (χ3v) is 6.18. The Hall–Kier alpha value is -2.26. The fraction of sp³-hybridized carbons (Fsp3) is 0.0833. The smallest absolute Gasteiger partial charge is 0.363 e. The van der Waals surface area contributed by atoms with Gasteiger partial charge in [-0.15, -0.1) is 0 Å². The maximum Gasteiger partial charge on any atom is 0.363 e. The van der Waals surface area contributed by atoms with Gasteiger partial charge in [-0.25, -0.2) is 9.79 Å². The first kappa shape index (κ1) is 23.9. The second-order valence-corrected chi connectivity index (χ2v) is 9.41. The molecule has 0 aliphatic carbocycles. The van der Waals surface area contributed by atoms with E-state index in [2.05, 4.69) is 27.6 Å². The molecule has 4 rings (SSSR count). The van der Waals surface area contributed by atoms with Gasteiger partial charge in [0.1, 0.15) is 6.61 Å². The van der Waals surface area contributed by atoms with Gasteiger partial charge in [0, 0.05) is 8.59 Å². The minimum atomic E-state index is -0.606. The van der Waals surface area contributed by atoms with Crippen molar-refractivity contribution in [3.05, 3.63) is 95.6 Å². The van der Waals surface area contributed by atoms with Crippen molar-refractivity contribution >= 4 is 75.3 Å². The fourth-order valence-electron chi connectivity index (χ4n) is 3.04. The molecule has 1 aliphatic heterocycles. The summed E-state index contributed by atoms with van der Waals surface area (Å²) in [5, 5.41) is 1.13. The third kappa shape index (κ3) is 5.63.